The standard InChI is InChI=1S/C23H31ClN6O5S/c1-27-22(5-7-28(8-6-22)20(31)11-25)13-30-21(32)12-29(14-23(27,30)15-35-2)36(33,34)19-10-16-9-17(24)3-4-18(16)26-19/h3-4,9-10,26H,5-8,11-15,25H2,1-2H3. The Morgan fingerprint density at radius 1 is 1.22 bits per heavy atom. The van der Waals surface area contributed by atoms with Gasteiger partial charge in [0.05, 0.1) is 26.2 Å². The molecule has 13 heteroatoms. The van der Waals surface area contributed by atoms with E-state index in [-0.39, 0.29) is 43.1 Å². The van der Waals surface area contributed by atoms with Crippen LogP contribution < -0.4 is 5.73 Å². The highest BCUT2D eigenvalue weighted by Gasteiger charge is 2.63. The van der Waals surface area contributed by atoms with Crippen LogP contribution in [0.4, 0.5) is 0 Å². The van der Waals surface area contributed by atoms with E-state index in [4.69, 9.17) is 22.1 Å². The first-order valence-electron chi connectivity index (χ1n) is 11.9. The molecule has 1 unspecified atom stereocenters. The summed E-state index contributed by atoms with van der Waals surface area (Å²) in [6, 6.07) is 6.65. The number of aromatic nitrogens is 1. The van der Waals surface area contributed by atoms with Gasteiger partial charge in [-0.1, -0.05) is 11.6 Å². The Hall–Kier alpha value is -2.22. The molecule has 36 heavy (non-hydrogen) atoms. The van der Waals surface area contributed by atoms with Crippen molar-refractivity contribution in [2.45, 2.75) is 29.1 Å². The molecule has 3 saturated heterocycles. The molecular weight excluding hydrogens is 508 g/mol. The van der Waals surface area contributed by atoms with Gasteiger partial charge in [0.1, 0.15) is 10.7 Å². The average Bonchev–Trinajstić information content (AvgIpc) is 3.38. The predicted molar refractivity (Wildman–Crippen MR) is 134 cm³/mol. The molecule has 3 fully saturated rings. The van der Waals surface area contributed by atoms with E-state index in [9.17, 15) is 18.0 Å². The largest absolute Gasteiger partial charge is 0.381 e. The van der Waals surface area contributed by atoms with E-state index in [1.54, 1.807) is 41.2 Å². The van der Waals surface area contributed by atoms with E-state index < -0.39 is 21.2 Å². The minimum atomic E-state index is -4.02. The molecule has 2 amide bonds. The van der Waals surface area contributed by atoms with Gasteiger partial charge in [0.25, 0.3) is 10.0 Å². The molecule has 1 spiro atoms. The average molecular weight is 539 g/mol. The van der Waals surface area contributed by atoms with E-state index in [0.717, 1.165) is 0 Å². The number of carbonyl (C=O) groups is 2. The number of sulfonamides is 1. The highest BCUT2D eigenvalue weighted by atomic mass is 35.5. The third-order valence-electron chi connectivity index (χ3n) is 8.11. The van der Waals surface area contributed by atoms with Crippen molar-refractivity contribution in [1.82, 2.24) is 24.0 Å². The fourth-order valence-corrected chi connectivity index (χ4v) is 7.66. The van der Waals surface area contributed by atoms with Gasteiger partial charge in [0.15, 0.2) is 0 Å². The second-order valence-electron chi connectivity index (χ2n) is 9.90. The molecule has 0 saturated carbocycles. The number of fused-ring (bicyclic) bond motifs is 2. The van der Waals surface area contributed by atoms with Crippen LogP contribution in [-0.2, 0) is 24.3 Å². The normalized spacial score (nSPS) is 25.2. The molecule has 3 aliphatic rings. The lowest BCUT2D eigenvalue weighted by Gasteiger charge is -2.50. The van der Waals surface area contributed by atoms with Gasteiger partial charge in [-0.2, -0.15) is 4.31 Å². The molecule has 196 valence electrons. The maximum atomic E-state index is 13.7. The molecule has 0 aliphatic carbocycles. The first-order valence-corrected chi connectivity index (χ1v) is 13.7. The number of H-pyrrole nitrogens is 1. The summed E-state index contributed by atoms with van der Waals surface area (Å²) in [6.45, 7) is 1.44. The van der Waals surface area contributed by atoms with Crippen LogP contribution in [0.1, 0.15) is 12.8 Å². The summed E-state index contributed by atoms with van der Waals surface area (Å²) in [4.78, 5) is 34.2. The molecule has 3 aliphatic heterocycles. The lowest BCUT2D eigenvalue weighted by molar-refractivity contribution is -0.152. The minimum Gasteiger partial charge on any atom is -0.381 e. The van der Waals surface area contributed by atoms with Crippen LogP contribution in [0.2, 0.25) is 5.02 Å². The van der Waals surface area contributed by atoms with Crippen molar-refractivity contribution in [1.29, 1.82) is 0 Å². The number of ether oxygens (including phenoxy) is 1. The van der Waals surface area contributed by atoms with Gasteiger partial charge in [-0.15, -0.1) is 0 Å². The Morgan fingerprint density at radius 2 is 1.94 bits per heavy atom. The van der Waals surface area contributed by atoms with E-state index in [1.807, 2.05) is 7.05 Å². The molecule has 3 N–H and O–H groups in total. The van der Waals surface area contributed by atoms with Crippen molar-refractivity contribution < 1.29 is 22.7 Å². The molecule has 0 bridgehead atoms. The Balaban J connectivity index is 1.47. The Morgan fingerprint density at radius 3 is 2.61 bits per heavy atom. The summed E-state index contributed by atoms with van der Waals surface area (Å²) >= 11 is 6.07. The maximum Gasteiger partial charge on any atom is 0.259 e. The molecule has 11 nitrogen and oxygen atoms in total. The molecule has 1 aromatic heterocycles. The lowest BCUT2D eigenvalue weighted by Crippen LogP contribution is -2.70. The zero-order valence-electron chi connectivity index (χ0n) is 20.4. The SMILES string of the molecule is COCC12CN(S(=O)(=O)c3cc4cc(Cl)ccc4[nH]3)CC(=O)N1CC1(CCN(C(=O)CN)CC1)N2C. The number of methoxy groups -OCH3 is 1. The number of piperazine rings is 1. The first-order chi connectivity index (χ1) is 17.1. The number of benzene rings is 1. The molecule has 1 aromatic carbocycles. The topological polar surface area (TPSA) is 132 Å². The number of nitrogens with two attached hydrogens (primary N) is 1. The van der Waals surface area contributed by atoms with Gasteiger partial charge in [-0.05, 0) is 44.2 Å². The summed E-state index contributed by atoms with van der Waals surface area (Å²) in [5.41, 5.74) is 4.83. The third kappa shape index (κ3) is 3.82. The summed E-state index contributed by atoms with van der Waals surface area (Å²) < 4.78 is 34.3. The van der Waals surface area contributed by atoms with Gasteiger partial charge in [0, 0.05) is 48.2 Å². The molecule has 2 aromatic rings. The number of likely N-dealkylation sites (N-methyl/N-ethyl adjacent to an activating group) is 1. The van der Waals surface area contributed by atoms with Crippen LogP contribution >= 0.6 is 11.6 Å². The number of aromatic amines is 1. The Bertz CT molecular complexity index is 1310. The minimum absolute atomic E-state index is 0.0116. The van der Waals surface area contributed by atoms with E-state index in [1.165, 1.54) is 4.31 Å². The van der Waals surface area contributed by atoms with Crippen LogP contribution in [-0.4, -0.2) is 115 Å². The molecular formula is C23H31ClN6O5S. The number of nitrogens with one attached hydrogen (secondary N) is 1. The van der Waals surface area contributed by atoms with Crippen LogP contribution in [0.3, 0.4) is 0 Å². The number of piperidine rings is 1. The van der Waals surface area contributed by atoms with E-state index in [0.29, 0.717) is 48.4 Å². The molecule has 1 atom stereocenters. The maximum absolute atomic E-state index is 13.7. The second kappa shape index (κ2) is 8.96. The summed E-state index contributed by atoms with van der Waals surface area (Å²) in [5, 5.41) is 1.19. The first kappa shape index (κ1) is 25.4. The third-order valence-corrected chi connectivity index (χ3v) is 10.1. The van der Waals surface area contributed by atoms with Crippen molar-refractivity contribution in [3.05, 3.63) is 29.3 Å². The van der Waals surface area contributed by atoms with E-state index >= 15 is 0 Å². The lowest BCUT2D eigenvalue weighted by atomic mass is 9.86. The second-order valence-corrected chi connectivity index (χ2v) is 12.2. The Kier molecular flexibility index (Phi) is 6.33. The van der Waals surface area contributed by atoms with Gasteiger partial charge in [0.2, 0.25) is 11.8 Å². The number of hydrogen-bond donors (Lipinski definition) is 2. The zero-order valence-corrected chi connectivity index (χ0v) is 21.9. The summed E-state index contributed by atoms with van der Waals surface area (Å²) in [7, 11) is -0.542. The fraction of sp³-hybridized carbons (Fsp3) is 0.565. The number of nitrogens with zero attached hydrogens (tertiary/aromatic N) is 4. The smallest absolute Gasteiger partial charge is 0.259 e. The van der Waals surface area contributed by atoms with Gasteiger partial charge in [-0.25, -0.2) is 8.42 Å². The van der Waals surface area contributed by atoms with Crippen molar-refractivity contribution in [3.63, 3.8) is 0 Å². The van der Waals surface area contributed by atoms with Crippen LogP contribution in [0, 0.1) is 0 Å². The fourth-order valence-electron chi connectivity index (χ4n) is 6.03. The van der Waals surface area contributed by atoms with Crippen molar-refractivity contribution in [2.75, 3.05) is 60.0 Å². The number of likely N-dealkylation sites (tertiary alicyclic amines) is 1. The van der Waals surface area contributed by atoms with Crippen molar-refractivity contribution in [3.8, 4) is 0 Å². The quantitative estimate of drug-likeness (QED) is 0.558. The number of amides is 2. The monoisotopic (exact) mass is 538 g/mol. The van der Waals surface area contributed by atoms with Crippen molar-refractivity contribution >= 4 is 44.3 Å². The van der Waals surface area contributed by atoms with Gasteiger partial charge < -0.3 is 25.3 Å². The molecule has 5 rings (SSSR count). The number of carbonyl (C=O) groups excluding carboxylic acids is 2. The summed E-state index contributed by atoms with van der Waals surface area (Å²) in [5.74, 6) is -0.368. The van der Waals surface area contributed by atoms with Crippen LogP contribution in [0.5, 0.6) is 0 Å². The highest BCUT2D eigenvalue weighted by molar-refractivity contribution is 7.89. The Labute approximate surface area is 215 Å². The summed E-state index contributed by atoms with van der Waals surface area (Å²) in [6.07, 6.45) is 1.31. The van der Waals surface area contributed by atoms with Gasteiger partial charge in [-0.3, -0.25) is 14.5 Å². The number of rotatable bonds is 5. The van der Waals surface area contributed by atoms with Crippen molar-refractivity contribution in [2.24, 2.45) is 5.73 Å². The van der Waals surface area contributed by atoms with Crippen LogP contribution in [0.25, 0.3) is 10.9 Å². The molecule has 0 radical (unpaired) electrons. The van der Waals surface area contributed by atoms with Crippen LogP contribution in [0.15, 0.2) is 29.3 Å². The number of halogens is 1. The number of hydrogen-bond acceptors (Lipinski definition) is 7. The predicted octanol–water partition coefficient (Wildman–Crippen LogP) is 0.262. The zero-order chi connectivity index (χ0) is 25.9. The van der Waals surface area contributed by atoms with E-state index in [2.05, 4.69) is 9.88 Å². The highest BCUT2D eigenvalue weighted by Crippen LogP contribution is 2.45. The van der Waals surface area contributed by atoms with Gasteiger partial charge >= 0.3 is 0 Å². The molecule has 4 heterocycles.